The summed E-state index contributed by atoms with van der Waals surface area (Å²) in [7, 11) is 1.72. The molecule has 1 saturated heterocycles. The molecule has 0 amide bonds. The Morgan fingerprint density at radius 2 is 2.20 bits per heavy atom. The Labute approximate surface area is 118 Å². The summed E-state index contributed by atoms with van der Waals surface area (Å²) in [6, 6.07) is 7.58. The molecule has 1 saturated carbocycles. The van der Waals surface area contributed by atoms with Gasteiger partial charge in [0.1, 0.15) is 17.6 Å². The van der Waals surface area contributed by atoms with Crippen molar-refractivity contribution in [3.05, 3.63) is 23.9 Å². The summed E-state index contributed by atoms with van der Waals surface area (Å²) in [6.07, 6.45) is 2.50. The van der Waals surface area contributed by atoms with Crippen LogP contribution in [0, 0.1) is 16.7 Å². The lowest BCUT2D eigenvalue weighted by Crippen LogP contribution is -2.62. The van der Waals surface area contributed by atoms with Crippen LogP contribution >= 0.6 is 0 Å². The third-order valence-corrected chi connectivity index (χ3v) is 4.89. The van der Waals surface area contributed by atoms with Gasteiger partial charge in [0.05, 0.1) is 12.2 Å². The monoisotopic (exact) mass is 273 g/mol. The highest BCUT2D eigenvalue weighted by Gasteiger charge is 2.55. The highest BCUT2D eigenvalue weighted by Crippen LogP contribution is 2.50. The summed E-state index contributed by atoms with van der Waals surface area (Å²) >= 11 is 0. The maximum Gasteiger partial charge on any atom is 0.142 e. The van der Waals surface area contributed by atoms with Crippen LogP contribution in [0.3, 0.4) is 0 Å². The second kappa shape index (κ2) is 5.04. The molecule has 20 heavy (non-hydrogen) atoms. The van der Waals surface area contributed by atoms with Crippen molar-refractivity contribution in [1.82, 2.24) is 4.98 Å². The molecule has 2 heterocycles. The zero-order valence-corrected chi connectivity index (χ0v) is 11.6. The first-order chi connectivity index (χ1) is 9.69. The Morgan fingerprint density at radius 3 is 2.80 bits per heavy atom. The van der Waals surface area contributed by atoms with E-state index in [0.29, 0.717) is 5.69 Å². The summed E-state index contributed by atoms with van der Waals surface area (Å²) in [5.41, 5.74) is 0.374. The fraction of sp³-hybridized carbons (Fsp3) is 0.600. The van der Waals surface area contributed by atoms with Crippen LogP contribution in [0.5, 0.6) is 0 Å². The zero-order chi connectivity index (χ0) is 14.2. The van der Waals surface area contributed by atoms with Crippen LogP contribution in [0.4, 0.5) is 5.82 Å². The number of anilines is 1. The number of methoxy groups -OCH3 is 1. The molecule has 5 heteroatoms. The molecule has 1 aliphatic carbocycles. The van der Waals surface area contributed by atoms with Gasteiger partial charge in [-0.3, -0.25) is 0 Å². The van der Waals surface area contributed by atoms with Crippen molar-refractivity contribution >= 4 is 5.82 Å². The van der Waals surface area contributed by atoms with Crippen LogP contribution in [-0.4, -0.2) is 42.5 Å². The van der Waals surface area contributed by atoms with Crippen molar-refractivity contribution in [1.29, 1.82) is 5.26 Å². The van der Waals surface area contributed by atoms with E-state index < -0.39 is 0 Å². The Bertz CT molecular complexity index is 532. The highest BCUT2D eigenvalue weighted by atomic mass is 16.5. The summed E-state index contributed by atoms with van der Waals surface area (Å²) in [5.74, 6) is 0.849. The molecule has 3 rings (SSSR count). The number of hydrogen-bond donors (Lipinski definition) is 1. The Kier molecular flexibility index (Phi) is 3.36. The van der Waals surface area contributed by atoms with E-state index >= 15 is 0 Å². The van der Waals surface area contributed by atoms with Crippen LogP contribution < -0.4 is 4.90 Å². The fourth-order valence-electron chi connectivity index (χ4n) is 3.53. The van der Waals surface area contributed by atoms with Gasteiger partial charge in [0, 0.05) is 32.0 Å². The van der Waals surface area contributed by atoms with E-state index in [0.717, 1.165) is 38.2 Å². The number of aliphatic hydroxyl groups is 1. The summed E-state index contributed by atoms with van der Waals surface area (Å²) < 4.78 is 5.49. The van der Waals surface area contributed by atoms with Crippen molar-refractivity contribution in [3.8, 4) is 6.07 Å². The SMILES string of the molecule is CO[C@@H]1C[C@H](O)C12CCN(c1cccc(C#N)n1)CC2. The van der Waals surface area contributed by atoms with E-state index in [1.54, 1.807) is 13.2 Å². The van der Waals surface area contributed by atoms with Crippen molar-refractivity contribution in [2.24, 2.45) is 5.41 Å². The molecule has 0 bridgehead atoms. The predicted octanol–water partition coefficient (Wildman–Crippen LogP) is 1.32. The number of aliphatic hydroxyl groups excluding tert-OH is 1. The Balaban J connectivity index is 1.71. The Morgan fingerprint density at radius 1 is 1.45 bits per heavy atom. The molecular weight excluding hydrogens is 254 g/mol. The average Bonchev–Trinajstić information content (AvgIpc) is 2.52. The van der Waals surface area contributed by atoms with Crippen molar-refractivity contribution in [2.75, 3.05) is 25.1 Å². The normalized spacial score (nSPS) is 27.9. The molecule has 1 aromatic rings. The van der Waals surface area contributed by atoms with Gasteiger partial charge in [-0.15, -0.1) is 0 Å². The molecule has 1 aromatic heterocycles. The Hall–Kier alpha value is -1.64. The van der Waals surface area contributed by atoms with E-state index in [4.69, 9.17) is 10.00 Å². The lowest BCUT2D eigenvalue weighted by atomic mass is 9.58. The van der Waals surface area contributed by atoms with Gasteiger partial charge in [-0.2, -0.15) is 5.26 Å². The van der Waals surface area contributed by atoms with Crippen LogP contribution in [0.15, 0.2) is 18.2 Å². The first kappa shape index (κ1) is 13.3. The largest absolute Gasteiger partial charge is 0.392 e. The molecule has 0 radical (unpaired) electrons. The van der Waals surface area contributed by atoms with Gasteiger partial charge >= 0.3 is 0 Å². The third kappa shape index (κ3) is 1.96. The molecule has 106 valence electrons. The van der Waals surface area contributed by atoms with Gasteiger partial charge in [-0.05, 0) is 25.0 Å². The summed E-state index contributed by atoms with van der Waals surface area (Å²) in [5, 5.41) is 19.0. The number of pyridine rings is 1. The maximum atomic E-state index is 10.1. The number of nitrogens with zero attached hydrogens (tertiary/aromatic N) is 3. The molecule has 2 fully saturated rings. The fourth-order valence-corrected chi connectivity index (χ4v) is 3.53. The summed E-state index contributed by atoms with van der Waals surface area (Å²) in [4.78, 5) is 6.52. The van der Waals surface area contributed by atoms with Crippen molar-refractivity contribution in [2.45, 2.75) is 31.5 Å². The smallest absolute Gasteiger partial charge is 0.142 e. The number of nitriles is 1. The van der Waals surface area contributed by atoms with Gasteiger partial charge in [-0.25, -0.2) is 4.98 Å². The standard InChI is InChI=1S/C15H19N3O2/c1-20-13-9-12(19)15(13)5-7-18(8-6-15)14-4-2-3-11(10-16)17-14/h2-4,12-13,19H,5-9H2,1H3/t12-,13+/m0/s1. The third-order valence-electron chi connectivity index (χ3n) is 4.89. The van der Waals surface area contributed by atoms with Gasteiger partial charge in [-0.1, -0.05) is 6.07 Å². The second-order valence-corrected chi connectivity index (χ2v) is 5.69. The molecule has 0 aromatic carbocycles. The maximum absolute atomic E-state index is 10.1. The van der Waals surface area contributed by atoms with E-state index in [1.807, 2.05) is 12.1 Å². The highest BCUT2D eigenvalue weighted by molar-refractivity contribution is 5.42. The number of hydrogen-bond acceptors (Lipinski definition) is 5. The number of aromatic nitrogens is 1. The topological polar surface area (TPSA) is 69.4 Å². The van der Waals surface area contributed by atoms with E-state index in [2.05, 4.69) is 16.0 Å². The van der Waals surface area contributed by atoms with E-state index in [9.17, 15) is 5.11 Å². The second-order valence-electron chi connectivity index (χ2n) is 5.69. The minimum Gasteiger partial charge on any atom is -0.392 e. The molecule has 5 nitrogen and oxygen atoms in total. The lowest BCUT2D eigenvalue weighted by molar-refractivity contribution is -0.190. The molecular formula is C15H19N3O2. The van der Waals surface area contributed by atoms with E-state index in [1.165, 1.54) is 0 Å². The van der Waals surface area contributed by atoms with Crippen molar-refractivity contribution in [3.63, 3.8) is 0 Å². The number of piperidine rings is 1. The number of rotatable bonds is 2. The lowest BCUT2D eigenvalue weighted by Gasteiger charge is -2.56. The first-order valence-electron chi connectivity index (χ1n) is 7.02. The molecule has 2 atom stereocenters. The van der Waals surface area contributed by atoms with Crippen LogP contribution in [0.2, 0.25) is 0 Å². The molecule has 1 spiro atoms. The average molecular weight is 273 g/mol. The van der Waals surface area contributed by atoms with Gasteiger partial charge in [0.2, 0.25) is 0 Å². The van der Waals surface area contributed by atoms with Crippen LogP contribution in [-0.2, 0) is 4.74 Å². The minimum atomic E-state index is -0.243. The molecule has 1 aliphatic heterocycles. The van der Waals surface area contributed by atoms with Crippen LogP contribution in [0.1, 0.15) is 25.0 Å². The number of ether oxygens (including phenoxy) is 1. The van der Waals surface area contributed by atoms with Crippen LogP contribution in [0.25, 0.3) is 0 Å². The summed E-state index contributed by atoms with van der Waals surface area (Å²) in [6.45, 7) is 1.69. The van der Waals surface area contributed by atoms with Gasteiger partial charge in [0.15, 0.2) is 0 Å². The predicted molar refractivity (Wildman–Crippen MR) is 74.3 cm³/mol. The zero-order valence-electron chi connectivity index (χ0n) is 11.6. The van der Waals surface area contributed by atoms with Gasteiger partial charge in [0.25, 0.3) is 0 Å². The molecule has 0 unspecified atom stereocenters. The quantitative estimate of drug-likeness (QED) is 0.880. The van der Waals surface area contributed by atoms with Crippen molar-refractivity contribution < 1.29 is 9.84 Å². The van der Waals surface area contributed by atoms with E-state index in [-0.39, 0.29) is 17.6 Å². The molecule has 2 aliphatic rings. The molecule has 1 N–H and O–H groups in total. The van der Waals surface area contributed by atoms with Gasteiger partial charge < -0.3 is 14.7 Å². The minimum absolute atomic E-state index is 0.0713. The first-order valence-corrected chi connectivity index (χ1v) is 7.02.